The van der Waals surface area contributed by atoms with Crippen LogP contribution in [0.5, 0.6) is 5.75 Å². The lowest BCUT2D eigenvalue weighted by molar-refractivity contribution is -0.119. The molecule has 6 nitrogen and oxygen atoms in total. The number of amides is 1. The van der Waals surface area contributed by atoms with Gasteiger partial charge in [-0.1, -0.05) is 6.92 Å². The van der Waals surface area contributed by atoms with Crippen molar-refractivity contribution in [3.05, 3.63) is 23.8 Å². The largest absolute Gasteiger partial charge is 0.492 e. The van der Waals surface area contributed by atoms with E-state index in [1.807, 2.05) is 6.92 Å². The summed E-state index contributed by atoms with van der Waals surface area (Å²) in [5, 5.41) is 2.61. The van der Waals surface area contributed by atoms with Gasteiger partial charge in [-0.2, -0.15) is 0 Å². The smallest absolute Gasteiger partial charge is 0.340 e. The van der Waals surface area contributed by atoms with Crippen LogP contribution in [0.15, 0.2) is 18.2 Å². The van der Waals surface area contributed by atoms with Crippen LogP contribution >= 0.6 is 0 Å². The second-order valence-electron chi connectivity index (χ2n) is 4.22. The minimum Gasteiger partial charge on any atom is -0.492 e. The minimum atomic E-state index is -0.461. The molecule has 3 N–H and O–H groups in total. The van der Waals surface area contributed by atoms with Crippen LogP contribution < -0.4 is 15.8 Å². The average Bonchev–Trinajstić information content (AvgIpc) is 2.42. The maximum absolute atomic E-state index is 11.8. The van der Waals surface area contributed by atoms with E-state index in [0.717, 1.165) is 6.42 Å². The molecule has 0 aliphatic heterocycles. The number of anilines is 1. The molecule has 0 aliphatic carbocycles. The van der Waals surface area contributed by atoms with Gasteiger partial charge in [-0.25, -0.2) is 4.79 Å². The number of esters is 1. The standard InChI is InChI=1S/C14H20N2O4/c1-3-7-20-14(18)12-9-11(4-5-13(12)15)19-8-6-16-10(2)17/h4-5,9H,3,6-8,15H2,1-2H3,(H,16,17). The lowest BCUT2D eigenvalue weighted by Crippen LogP contribution is -2.25. The van der Waals surface area contributed by atoms with Crippen molar-refractivity contribution in [2.45, 2.75) is 20.3 Å². The van der Waals surface area contributed by atoms with Crippen LogP contribution in [0.3, 0.4) is 0 Å². The second kappa shape index (κ2) is 8.04. The zero-order chi connectivity index (χ0) is 15.0. The monoisotopic (exact) mass is 280 g/mol. The minimum absolute atomic E-state index is 0.116. The number of hydrogen-bond acceptors (Lipinski definition) is 5. The summed E-state index contributed by atoms with van der Waals surface area (Å²) in [5.41, 5.74) is 6.38. The van der Waals surface area contributed by atoms with E-state index in [9.17, 15) is 9.59 Å². The second-order valence-corrected chi connectivity index (χ2v) is 4.22. The van der Waals surface area contributed by atoms with Crippen LogP contribution in [-0.2, 0) is 9.53 Å². The summed E-state index contributed by atoms with van der Waals surface area (Å²) in [6, 6.07) is 4.80. The van der Waals surface area contributed by atoms with E-state index in [0.29, 0.717) is 31.2 Å². The summed E-state index contributed by atoms with van der Waals surface area (Å²) in [4.78, 5) is 22.5. The van der Waals surface area contributed by atoms with E-state index in [4.69, 9.17) is 15.2 Å². The van der Waals surface area contributed by atoms with Gasteiger partial charge in [0, 0.05) is 12.6 Å². The van der Waals surface area contributed by atoms with Crippen LogP contribution in [0.25, 0.3) is 0 Å². The summed E-state index contributed by atoms with van der Waals surface area (Å²) in [6.07, 6.45) is 0.749. The van der Waals surface area contributed by atoms with Gasteiger partial charge < -0.3 is 20.5 Å². The number of benzene rings is 1. The molecule has 0 fully saturated rings. The molecule has 0 atom stereocenters. The molecule has 0 aliphatic rings. The van der Waals surface area contributed by atoms with E-state index in [1.54, 1.807) is 18.2 Å². The molecule has 0 unspecified atom stereocenters. The maximum Gasteiger partial charge on any atom is 0.340 e. The number of carbonyl (C=O) groups is 2. The molecule has 0 heterocycles. The van der Waals surface area contributed by atoms with Crippen molar-refractivity contribution in [3.63, 3.8) is 0 Å². The number of rotatable bonds is 7. The summed E-state index contributed by atoms with van der Waals surface area (Å²) in [6.45, 7) is 4.41. The highest BCUT2D eigenvalue weighted by Crippen LogP contribution is 2.20. The first-order valence-electron chi connectivity index (χ1n) is 6.48. The first-order valence-corrected chi connectivity index (χ1v) is 6.48. The van der Waals surface area contributed by atoms with Gasteiger partial charge in [0.1, 0.15) is 12.4 Å². The van der Waals surface area contributed by atoms with Gasteiger partial charge in [-0.15, -0.1) is 0 Å². The van der Waals surface area contributed by atoms with Gasteiger partial charge >= 0.3 is 5.97 Å². The van der Waals surface area contributed by atoms with Crippen molar-refractivity contribution < 1.29 is 19.1 Å². The molecule has 1 rings (SSSR count). The highest BCUT2D eigenvalue weighted by molar-refractivity contribution is 5.95. The number of carbonyl (C=O) groups excluding carboxylic acids is 2. The molecule has 110 valence electrons. The topological polar surface area (TPSA) is 90.6 Å². The maximum atomic E-state index is 11.8. The number of ether oxygens (including phenoxy) is 2. The van der Waals surface area contributed by atoms with Crippen LogP contribution in [0.1, 0.15) is 30.6 Å². The molecular weight excluding hydrogens is 260 g/mol. The van der Waals surface area contributed by atoms with E-state index in [1.165, 1.54) is 6.92 Å². The number of nitrogen functional groups attached to an aromatic ring is 1. The van der Waals surface area contributed by atoms with Crippen molar-refractivity contribution in [1.82, 2.24) is 5.32 Å². The van der Waals surface area contributed by atoms with Crippen LogP contribution in [0.2, 0.25) is 0 Å². The molecule has 0 saturated heterocycles. The van der Waals surface area contributed by atoms with Gasteiger partial charge in [0.2, 0.25) is 5.91 Å². The van der Waals surface area contributed by atoms with Crippen molar-refractivity contribution >= 4 is 17.6 Å². The number of hydrogen-bond donors (Lipinski definition) is 2. The fraction of sp³-hybridized carbons (Fsp3) is 0.429. The van der Waals surface area contributed by atoms with Gasteiger partial charge in [0.15, 0.2) is 0 Å². The zero-order valence-corrected chi connectivity index (χ0v) is 11.8. The Morgan fingerprint density at radius 1 is 1.30 bits per heavy atom. The van der Waals surface area contributed by atoms with Crippen molar-refractivity contribution in [2.75, 3.05) is 25.5 Å². The molecule has 6 heteroatoms. The first kappa shape index (κ1) is 15.8. The Kier molecular flexibility index (Phi) is 6.36. The highest BCUT2D eigenvalue weighted by Gasteiger charge is 2.12. The Balaban J connectivity index is 2.61. The molecule has 0 saturated carbocycles. The molecule has 0 spiro atoms. The fourth-order valence-corrected chi connectivity index (χ4v) is 1.47. The molecule has 1 aromatic carbocycles. The Hall–Kier alpha value is -2.24. The first-order chi connectivity index (χ1) is 9.54. The van der Waals surface area contributed by atoms with Gasteiger partial charge in [0.25, 0.3) is 0 Å². The van der Waals surface area contributed by atoms with E-state index >= 15 is 0 Å². The van der Waals surface area contributed by atoms with Crippen molar-refractivity contribution in [1.29, 1.82) is 0 Å². The van der Waals surface area contributed by atoms with Gasteiger partial charge in [-0.05, 0) is 24.6 Å². The van der Waals surface area contributed by atoms with Gasteiger partial charge in [0.05, 0.1) is 18.7 Å². The Morgan fingerprint density at radius 2 is 2.05 bits per heavy atom. The third kappa shape index (κ3) is 5.17. The Morgan fingerprint density at radius 3 is 2.70 bits per heavy atom. The lowest BCUT2D eigenvalue weighted by Gasteiger charge is -2.10. The summed E-state index contributed by atoms with van der Waals surface area (Å²) >= 11 is 0. The number of nitrogens with two attached hydrogens (primary N) is 1. The highest BCUT2D eigenvalue weighted by atomic mass is 16.5. The van der Waals surface area contributed by atoms with Gasteiger partial charge in [-0.3, -0.25) is 4.79 Å². The normalized spacial score (nSPS) is 9.90. The summed E-state index contributed by atoms with van der Waals surface area (Å²) in [7, 11) is 0. The van der Waals surface area contributed by atoms with E-state index in [-0.39, 0.29) is 11.5 Å². The summed E-state index contributed by atoms with van der Waals surface area (Å²) in [5.74, 6) is -0.0700. The average molecular weight is 280 g/mol. The number of nitrogens with one attached hydrogen (secondary N) is 1. The SMILES string of the molecule is CCCOC(=O)c1cc(OCCNC(C)=O)ccc1N. The third-order valence-corrected chi connectivity index (χ3v) is 2.43. The van der Waals surface area contributed by atoms with E-state index in [2.05, 4.69) is 5.32 Å². The predicted octanol–water partition coefficient (Wildman–Crippen LogP) is 1.35. The molecular formula is C14H20N2O4. The van der Waals surface area contributed by atoms with Crippen LogP contribution in [0, 0.1) is 0 Å². The Bertz CT molecular complexity index is 474. The van der Waals surface area contributed by atoms with Crippen molar-refractivity contribution in [3.8, 4) is 5.75 Å². The predicted molar refractivity (Wildman–Crippen MR) is 75.6 cm³/mol. The molecule has 0 radical (unpaired) electrons. The fourth-order valence-electron chi connectivity index (χ4n) is 1.47. The zero-order valence-electron chi connectivity index (χ0n) is 11.8. The third-order valence-electron chi connectivity index (χ3n) is 2.43. The van der Waals surface area contributed by atoms with Crippen LogP contribution in [-0.4, -0.2) is 31.6 Å². The lowest BCUT2D eigenvalue weighted by atomic mass is 10.1. The molecule has 1 amide bonds. The van der Waals surface area contributed by atoms with Crippen LogP contribution in [0.4, 0.5) is 5.69 Å². The Labute approximate surface area is 118 Å². The van der Waals surface area contributed by atoms with E-state index < -0.39 is 5.97 Å². The summed E-state index contributed by atoms with van der Waals surface area (Å²) < 4.78 is 10.5. The quantitative estimate of drug-likeness (QED) is 0.447. The molecule has 0 bridgehead atoms. The molecule has 20 heavy (non-hydrogen) atoms. The molecule has 1 aromatic rings. The molecule has 0 aromatic heterocycles. The van der Waals surface area contributed by atoms with Crippen molar-refractivity contribution in [2.24, 2.45) is 0 Å².